The van der Waals surface area contributed by atoms with Crippen molar-refractivity contribution in [2.24, 2.45) is 0 Å². The van der Waals surface area contributed by atoms with Gasteiger partial charge < -0.3 is 10.2 Å². The Bertz CT molecular complexity index is 331. The molecule has 1 N–H and O–H groups in total. The van der Waals surface area contributed by atoms with Crippen LogP contribution in [-0.4, -0.2) is 31.6 Å². The van der Waals surface area contributed by atoms with Gasteiger partial charge in [-0.1, -0.05) is 41.9 Å². The normalized spacial score (nSPS) is 12.9. The van der Waals surface area contributed by atoms with E-state index >= 15 is 0 Å². The highest BCUT2D eigenvalue weighted by molar-refractivity contribution is 9.10. The molecule has 0 fully saturated rings. The van der Waals surface area contributed by atoms with E-state index in [4.69, 9.17) is 0 Å². The van der Waals surface area contributed by atoms with Gasteiger partial charge in [-0.3, -0.25) is 0 Å². The van der Waals surface area contributed by atoms with E-state index in [1.54, 1.807) is 0 Å². The van der Waals surface area contributed by atoms with Crippen LogP contribution in [0.3, 0.4) is 0 Å². The number of benzene rings is 1. The van der Waals surface area contributed by atoms with Gasteiger partial charge in [0.2, 0.25) is 0 Å². The van der Waals surface area contributed by atoms with Gasteiger partial charge in [-0.25, -0.2) is 0 Å². The second-order valence-electron chi connectivity index (χ2n) is 5.02. The van der Waals surface area contributed by atoms with Crippen molar-refractivity contribution in [1.82, 2.24) is 10.2 Å². The summed E-state index contributed by atoms with van der Waals surface area (Å²) in [5.74, 6) is 0. The summed E-state index contributed by atoms with van der Waals surface area (Å²) >= 11 is 3.49. The Balaban J connectivity index is 2.53. The van der Waals surface area contributed by atoms with Crippen LogP contribution in [0.15, 0.2) is 28.7 Å². The van der Waals surface area contributed by atoms with Gasteiger partial charge in [0.25, 0.3) is 0 Å². The van der Waals surface area contributed by atoms with Crippen LogP contribution in [0.25, 0.3) is 0 Å². The lowest BCUT2D eigenvalue weighted by Crippen LogP contribution is -2.29. The number of hydrogen-bond donors (Lipinski definition) is 1. The third-order valence-electron chi connectivity index (χ3n) is 3.43. The Kier molecular flexibility index (Phi) is 8.35. The Morgan fingerprint density at radius 2 is 1.63 bits per heavy atom. The fourth-order valence-corrected chi connectivity index (χ4v) is 2.72. The lowest BCUT2D eigenvalue weighted by atomic mass is 10.0. The molecule has 0 amide bonds. The minimum atomic E-state index is 0.448. The summed E-state index contributed by atoms with van der Waals surface area (Å²) in [5.41, 5.74) is 1.37. The van der Waals surface area contributed by atoms with Gasteiger partial charge in [-0.15, -0.1) is 0 Å². The molecule has 1 atom stereocenters. The molecule has 0 spiro atoms. The van der Waals surface area contributed by atoms with E-state index in [1.165, 1.54) is 38.0 Å². The number of hydrogen-bond acceptors (Lipinski definition) is 2. The second-order valence-corrected chi connectivity index (χ2v) is 5.94. The first kappa shape index (κ1) is 16.7. The zero-order chi connectivity index (χ0) is 14.1. The molecule has 108 valence electrons. The molecule has 0 heterocycles. The Hall–Kier alpha value is -0.380. The summed E-state index contributed by atoms with van der Waals surface area (Å²) in [7, 11) is 2.05. The van der Waals surface area contributed by atoms with Crippen LogP contribution < -0.4 is 5.32 Å². The van der Waals surface area contributed by atoms with E-state index in [2.05, 4.69) is 71.3 Å². The lowest BCUT2D eigenvalue weighted by molar-refractivity contribution is 0.259. The predicted molar refractivity (Wildman–Crippen MR) is 87.6 cm³/mol. The molecule has 0 saturated carbocycles. The topological polar surface area (TPSA) is 15.3 Å². The monoisotopic (exact) mass is 326 g/mol. The van der Waals surface area contributed by atoms with Gasteiger partial charge in [-0.2, -0.15) is 0 Å². The van der Waals surface area contributed by atoms with Gasteiger partial charge in [0.15, 0.2) is 0 Å². The summed E-state index contributed by atoms with van der Waals surface area (Å²) < 4.78 is 1.14. The van der Waals surface area contributed by atoms with Crippen molar-refractivity contribution in [2.75, 3.05) is 26.7 Å². The summed E-state index contributed by atoms with van der Waals surface area (Å²) in [6, 6.07) is 9.10. The van der Waals surface area contributed by atoms with Crippen LogP contribution in [0.2, 0.25) is 0 Å². The molecule has 0 radical (unpaired) electrons. The van der Waals surface area contributed by atoms with Crippen LogP contribution in [0.1, 0.15) is 44.7 Å². The minimum absolute atomic E-state index is 0.448. The van der Waals surface area contributed by atoms with Crippen LogP contribution in [-0.2, 0) is 0 Å². The molecule has 0 aliphatic rings. The van der Waals surface area contributed by atoms with Crippen molar-refractivity contribution in [1.29, 1.82) is 0 Å². The zero-order valence-corrected chi connectivity index (χ0v) is 14.0. The largest absolute Gasteiger partial charge is 0.313 e. The summed E-state index contributed by atoms with van der Waals surface area (Å²) in [6.07, 6.45) is 3.64. The second kappa shape index (κ2) is 9.51. The Morgan fingerprint density at radius 1 is 1.05 bits per heavy atom. The van der Waals surface area contributed by atoms with Crippen LogP contribution in [0.4, 0.5) is 0 Å². The molecule has 19 heavy (non-hydrogen) atoms. The SMILES string of the molecule is CCCN(CCC)CCC(NC)c1ccc(Br)cc1. The van der Waals surface area contributed by atoms with E-state index in [0.29, 0.717) is 6.04 Å². The first-order valence-electron chi connectivity index (χ1n) is 7.36. The summed E-state index contributed by atoms with van der Waals surface area (Å²) in [6.45, 7) is 8.11. The van der Waals surface area contributed by atoms with E-state index in [1.807, 2.05) is 0 Å². The molecule has 0 aliphatic carbocycles. The molecule has 1 aromatic rings. The van der Waals surface area contributed by atoms with Crippen molar-refractivity contribution in [2.45, 2.75) is 39.2 Å². The molecule has 1 unspecified atom stereocenters. The van der Waals surface area contributed by atoms with E-state index in [0.717, 1.165) is 10.9 Å². The lowest BCUT2D eigenvalue weighted by Gasteiger charge is -2.24. The molecule has 0 aliphatic heterocycles. The average Bonchev–Trinajstić information content (AvgIpc) is 2.41. The number of halogens is 1. The predicted octanol–water partition coefficient (Wildman–Crippen LogP) is 4.22. The molecule has 1 rings (SSSR count). The maximum atomic E-state index is 3.49. The van der Waals surface area contributed by atoms with Crippen LogP contribution >= 0.6 is 15.9 Å². The third kappa shape index (κ3) is 6.07. The third-order valence-corrected chi connectivity index (χ3v) is 3.96. The molecule has 0 aromatic heterocycles. The number of nitrogens with zero attached hydrogens (tertiary/aromatic N) is 1. The summed E-state index contributed by atoms with van der Waals surface area (Å²) in [4.78, 5) is 2.57. The van der Waals surface area contributed by atoms with Crippen LogP contribution in [0, 0.1) is 0 Å². The van der Waals surface area contributed by atoms with E-state index in [-0.39, 0.29) is 0 Å². The highest BCUT2D eigenvalue weighted by Crippen LogP contribution is 2.19. The maximum Gasteiger partial charge on any atom is 0.0329 e. The quantitative estimate of drug-likeness (QED) is 0.730. The fraction of sp³-hybridized carbons (Fsp3) is 0.625. The van der Waals surface area contributed by atoms with Crippen molar-refractivity contribution in [3.05, 3.63) is 34.3 Å². The molecule has 1 aromatic carbocycles. The molecule has 0 saturated heterocycles. The molecule has 3 heteroatoms. The van der Waals surface area contributed by atoms with Gasteiger partial charge in [0, 0.05) is 10.5 Å². The summed E-state index contributed by atoms with van der Waals surface area (Å²) in [5, 5.41) is 3.44. The van der Waals surface area contributed by atoms with Gasteiger partial charge in [-0.05, 0) is 63.6 Å². The van der Waals surface area contributed by atoms with Crippen molar-refractivity contribution < 1.29 is 0 Å². The molecule has 2 nitrogen and oxygen atoms in total. The Labute approximate surface area is 126 Å². The van der Waals surface area contributed by atoms with Crippen LogP contribution in [0.5, 0.6) is 0 Å². The van der Waals surface area contributed by atoms with Gasteiger partial charge in [0.1, 0.15) is 0 Å². The minimum Gasteiger partial charge on any atom is -0.313 e. The molecular weight excluding hydrogens is 300 g/mol. The standard InChI is InChI=1S/C16H27BrN2/c1-4-11-19(12-5-2)13-10-16(18-3)14-6-8-15(17)9-7-14/h6-9,16,18H,4-5,10-13H2,1-3H3. The number of rotatable bonds is 9. The van der Waals surface area contributed by atoms with Crippen molar-refractivity contribution in [3.63, 3.8) is 0 Å². The van der Waals surface area contributed by atoms with E-state index in [9.17, 15) is 0 Å². The first-order valence-corrected chi connectivity index (χ1v) is 8.15. The molecule has 0 bridgehead atoms. The van der Waals surface area contributed by atoms with Crippen molar-refractivity contribution in [3.8, 4) is 0 Å². The number of nitrogens with one attached hydrogen (secondary N) is 1. The smallest absolute Gasteiger partial charge is 0.0329 e. The molecular formula is C16H27BrN2. The Morgan fingerprint density at radius 3 is 2.11 bits per heavy atom. The maximum absolute atomic E-state index is 3.49. The highest BCUT2D eigenvalue weighted by atomic mass is 79.9. The fourth-order valence-electron chi connectivity index (χ4n) is 2.45. The first-order chi connectivity index (χ1) is 9.21. The highest BCUT2D eigenvalue weighted by Gasteiger charge is 2.11. The average molecular weight is 327 g/mol. The zero-order valence-electron chi connectivity index (χ0n) is 12.5. The van der Waals surface area contributed by atoms with E-state index < -0.39 is 0 Å². The van der Waals surface area contributed by atoms with Gasteiger partial charge >= 0.3 is 0 Å². The van der Waals surface area contributed by atoms with Gasteiger partial charge in [0.05, 0.1) is 0 Å². The van der Waals surface area contributed by atoms with Crippen molar-refractivity contribution >= 4 is 15.9 Å².